The van der Waals surface area contributed by atoms with Crippen LogP contribution in [-0.2, 0) is 19.6 Å². The summed E-state index contributed by atoms with van der Waals surface area (Å²) in [6, 6.07) is 10.4. The smallest absolute Gasteiger partial charge is 0.270 e. The molecule has 4 heterocycles. The van der Waals surface area contributed by atoms with E-state index >= 15 is 0 Å². The van der Waals surface area contributed by atoms with Crippen LogP contribution in [0.1, 0.15) is 51.8 Å². The number of amides is 1. The highest BCUT2D eigenvalue weighted by molar-refractivity contribution is 5.94. The molecule has 0 atom stereocenters. The number of likely N-dealkylation sites (N-methyl/N-ethyl adjacent to an activating group) is 1. The Labute approximate surface area is 192 Å². The summed E-state index contributed by atoms with van der Waals surface area (Å²) >= 11 is 0. The number of rotatable bonds is 5. The highest BCUT2D eigenvalue weighted by Gasteiger charge is 2.33. The fraction of sp³-hybridized carbons (Fsp3) is 0.360. The normalized spacial score (nSPS) is 16.2. The van der Waals surface area contributed by atoms with E-state index in [2.05, 4.69) is 62.2 Å². The Morgan fingerprint density at radius 2 is 2.00 bits per heavy atom. The summed E-state index contributed by atoms with van der Waals surface area (Å²) in [7, 11) is 2.14. The lowest BCUT2D eigenvalue weighted by molar-refractivity contribution is 0.0944. The fourth-order valence-electron chi connectivity index (χ4n) is 4.51. The van der Waals surface area contributed by atoms with E-state index in [9.17, 15) is 4.79 Å². The lowest BCUT2D eigenvalue weighted by Gasteiger charge is -2.22. The molecule has 1 saturated carbocycles. The van der Waals surface area contributed by atoms with Crippen molar-refractivity contribution in [3.8, 4) is 11.3 Å². The summed E-state index contributed by atoms with van der Waals surface area (Å²) < 4.78 is 3.94. The van der Waals surface area contributed by atoms with Crippen LogP contribution in [0.15, 0.2) is 42.7 Å². The van der Waals surface area contributed by atoms with Crippen molar-refractivity contribution in [2.24, 2.45) is 0 Å². The Morgan fingerprint density at radius 3 is 2.79 bits per heavy atom. The van der Waals surface area contributed by atoms with Crippen molar-refractivity contribution in [2.45, 2.75) is 45.3 Å². The molecule has 0 saturated heterocycles. The van der Waals surface area contributed by atoms with Crippen molar-refractivity contribution in [1.29, 1.82) is 0 Å². The maximum absolute atomic E-state index is 13.2. The van der Waals surface area contributed by atoms with Gasteiger partial charge in [0.25, 0.3) is 5.91 Å². The van der Waals surface area contributed by atoms with Crippen LogP contribution in [0, 0.1) is 6.92 Å². The van der Waals surface area contributed by atoms with Gasteiger partial charge < -0.3 is 5.32 Å². The highest BCUT2D eigenvalue weighted by atomic mass is 16.1. The van der Waals surface area contributed by atoms with Gasteiger partial charge in [-0.3, -0.25) is 18.8 Å². The number of hydrogen-bond donors (Lipinski definition) is 1. The van der Waals surface area contributed by atoms with Crippen molar-refractivity contribution in [1.82, 2.24) is 34.4 Å². The average Bonchev–Trinajstić information content (AvgIpc) is 3.47. The number of aromatic nitrogens is 5. The van der Waals surface area contributed by atoms with Crippen molar-refractivity contribution >= 4 is 11.7 Å². The summed E-state index contributed by atoms with van der Waals surface area (Å²) in [6.07, 6.45) is 5.89. The lowest BCUT2D eigenvalue weighted by atomic mass is 10.1. The summed E-state index contributed by atoms with van der Waals surface area (Å²) in [5.41, 5.74) is 6.88. The molecule has 6 rings (SSSR count). The van der Waals surface area contributed by atoms with Gasteiger partial charge in [-0.15, -0.1) is 0 Å². The van der Waals surface area contributed by atoms with Crippen molar-refractivity contribution < 1.29 is 4.79 Å². The molecule has 1 aliphatic heterocycles. The van der Waals surface area contributed by atoms with Crippen LogP contribution in [0.3, 0.4) is 0 Å². The number of nitrogens with one attached hydrogen (secondary N) is 1. The Bertz CT molecular complexity index is 1350. The predicted octanol–water partition coefficient (Wildman–Crippen LogP) is 3.15. The van der Waals surface area contributed by atoms with E-state index in [1.165, 1.54) is 5.69 Å². The van der Waals surface area contributed by atoms with E-state index in [-0.39, 0.29) is 5.91 Å². The standard InChI is InChI=1S/C25H27N7O/c1-16-12-27-25-28-22(19-7-8-19)23(31(25)14-16)24(33)26-13-17-3-5-18(6-4-17)21-11-20-15-30(2)9-10-32(20)29-21/h3-6,11-12,14,19H,7-10,13,15H2,1-2H3,(H,26,33). The number of carbonyl (C=O) groups excluding carboxylic acids is 1. The molecule has 2 aliphatic rings. The highest BCUT2D eigenvalue weighted by Crippen LogP contribution is 2.41. The molecule has 0 bridgehead atoms. The molecule has 8 heteroatoms. The number of fused-ring (bicyclic) bond motifs is 2. The van der Waals surface area contributed by atoms with Gasteiger partial charge in [0.1, 0.15) is 5.69 Å². The van der Waals surface area contributed by atoms with Crippen LogP contribution in [-0.4, -0.2) is 48.5 Å². The first-order chi connectivity index (χ1) is 16.0. The molecule has 33 heavy (non-hydrogen) atoms. The Balaban J connectivity index is 1.19. The van der Waals surface area contributed by atoms with Gasteiger partial charge in [-0.25, -0.2) is 9.97 Å². The molecule has 8 nitrogen and oxygen atoms in total. The molecule has 1 aliphatic carbocycles. The van der Waals surface area contributed by atoms with Gasteiger partial charge >= 0.3 is 0 Å². The number of imidazole rings is 1. The molecule has 1 fully saturated rings. The molecule has 0 spiro atoms. The summed E-state index contributed by atoms with van der Waals surface area (Å²) in [5.74, 6) is 0.852. The van der Waals surface area contributed by atoms with E-state index in [1.807, 2.05) is 17.5 Å². The molecule has 1 N–H and O–H groups in total. The molecule has 0 radical (unpaired) electrons. The molecule has 3 aromatic heterocycles. The monoisotopic (exact) mass is 441 g/mol. The molecule has 0 unspecified atom stereocenters. The van der Waals surface area contributed by atoms with Crippen LogP contribution in [0.25, 0.3) is 17.0 Å². The first kappa shape index (κ1) is 20.1. The summed E-state index contributed by atoms with van der Waals surface area (Å²) in [5, 5.41) is 7.85. The van der Waals surface area contributed by atoms with Gasteiger partial charge in [0, 0.05) is 43.5 Å². The first-order valence-corrected chi connectivity index (χ1v) is 11.5. The second-order valence-electron chi connectivity index (χ2n) is 9.28. The van der Waals surface area contributed by atoms with Crippen molar-refractivity contribution in [3.05, 3.63) is 70.9 Å². The number of benzene rings is 1. The number of carbonyl (C=O) groups is 1. The van der Waals surface area contributed by atoms with Gasteiger partial charge in [0.05, 0.1) is 23.6 Å². The van der Waals surface area contributed by atoms with Gasteiger partial charge in [-0.1, -0.05) is 24.3 Å². The van der Waals surface area contributed by atoms with Gasteiger partial charge in [-0.05, 0) is 44.0 Å². The Kier molecular flexibility index (Phi) is 4.76. The molecular formula is C25H27N7O. The van der Waals surface area contributed by atoms with Crippen molar-refractivity contribution in [3.63, 3.8) is 0 Å². The molecule has 1 aromatic carbocycles. The molecule has 1 amide bonds. The minimum absolute atomic E-state index is 0.105. The van der Waals surface area contributed by atoms with Crippen LogP contribution >= 0.6 is 0 Å². The number of nitrogens with zero attached hydrogens (tertiary/aromatic N) is 6. The zero-order valence-electron chi connectivity index (χ0n) is 19.0. The van der Waals surface area contributed by atoms with Crippen LogP contribution < -0.4 is 5.32 Å². The van der Waals surface area contributed by atoms with Gasteiger partial charge in [0.15, 0.2) is 0 Å². The maximum Gasteiger partial charge on any atom is 0.270 e. The topological polar surface area (TPSA) is 80.3 Å². The first-order valence-electron chi connectivity index (χ1n) is 11.5. The molecular weight excluding hydrogens is 414 g/mol. The lowest BCUT2D eigenvalue weighted by Crippen LogP contribution is -2.30. The van der Waals surface area contributed by atoms with E-state index in [0.29, 0.717) is 23.9 Å². The molecule has 4 aromatic rings. The average molecular weight is 442 g/mol. The van der Waals surface area contributed by atoms with E-state index in [1.54, 1.807) is 6.20 Å². The van der Waals surface area contributed by atoms with E-state index < -0.39 is 0 Å². The van der Waals surface area contributed by atoms with Crippen molar-refractivity contribution in [2.75, 3.05) is 13.6 Å². The maximum atomic E-state index is 13.2. The SMILES string of the molecule is Cc1cnc2nc(C3CC3)c(C(=O)NCc3ccc(-c4cc5n(n4)CCN(C)C5)cc3)n2c1. The minimum atomic E-state index is -0.105. The quantitative estimate of drug-likeness (QED) is 0.515. The van der Waals surface area contributed by atoms with Gasteiger partial charge in [0.2, 0.25) is 5.78 Å². The summed E-state index contributed by atoms with van der Waals surface area (Å²) in [6.45, 7) is 5.31. The third kappa shape index (κ3) is 3.80. The largest absolute Gasteiger partial charge is 0.347 e. The fourth-order valence-corrected chi connectivity index (χ4v) is 4.51. The third-order valence-electron chi connectivity index (χ3n) is 6.51. The van der Waals surface area contributed by atoms with Crippen LogP contribution in [0.2, 0.25) is 0 Å². The second-order valence-corrected chi connectivity index (χ2v) is 9.28. The Hall–Kier alpha value is -3.52. The van der Waals surface area contributed by atoms with Gasteiger partial charge in [-0.2, -0.15) is 5.10 Å². The number of aryl methyl sites for hydroxylation is 1. The Morgan fingerprint density at radius 1 is 1.18 bits per heavy atom. The van der Waals surface area contributed by atoms with E-state index in [0.717, 1.165) is 60.6 Å². The molecule has 168 valence electrons. The summed E-state index contributed by atoms with van der Waals surface area (Å²) in [4.78, 5) is 24.5. The zero-order chi connectivity index (χ0) is 22.5. The minimum Gasteiger partial charge on any atom is -0.347 e. The number of hydrogen-bond acceptors (Lipinski definition) is 5. The van der Waals surface area contributed by atoms with Crippen LogP contribution in [0.5, 0.6) is 0 Å². The zero-order valence-corrected chi connectivity index (χ0v) is 19.0. The van der Waals surface area contributed by atoms with Crippen LogP contribution in [0.4, 0.5) is 0 Å². The second kappa shape index (κ2) is 7.81. The van der Waals surface area contributed by atoms with E-state index in [4.69, 9.17) is 5.10 Å². The third-order valence-corrected chi connectivity index (χ3v) is 6.51. The predicted molar refractivity (Wildman–Crippen MR) is 125 cm³/mol.